The Kier molecular flexibility index (Phi) is 8.64. The molecule has 0 unspecified atom stereocenters. The Labute approximate surface area is 424 Å². The summed E-state index contributed by atoms with van der Waals surface area (Å²) >= 11 is 0. The third-order valence-electron chi connectivity index (χ3n) is 15.4. The zero-order valence-electron chi connectivity index (χ0n) is 39.9. The molecule has 16 aromatic rings. The molecule has 0 N–H and O–H groups in total. The molecule has 0 aliphatic heterocycles. The summed E-state index contributed by atoms with van der Waals surface area (Å²) in [5, 5.41) is 10.7. The smallest absolute Gasteiger partial charge is 0.162 e. The van der Waals surface area contributed by atoms with Gasteiger partial charge in [-0.15, -0.1) is 0 Å². The van der Waals surface area contributed by atoms with Crippen LogP contribution in [0.5, 0.6) is 0 Å². The summed E-state index contributed by atoms with van der Waals surface area (Å²) in [6.45, 7) is 0. The molecule has 74 heavy (non-hydrogen) atoms. The van der Waals surface area contributed by atoms with Crippen molar-refractivity contribution in [1.29, 1.82) is 0 Å². The van der Waals surface area contributed by atoms with Gasteiger partial charge in [0.2, 0.25) is 0 Å². The van der Waals surface area contributed by atoms with Crippen LogP contribution in [0.2, 0.25) is 0 Å². The zero-order valence-corrected chi connectivity index (χ0v) is 39.9. The van der Waals surface area contributed by atoms with Crippen LogP contribution >= 0.6 is 0 Å². The van der Waals surface area contributed by atoms with Crippen molar-refractivity contribution in [2.75, 3.05) is 0 Å². The molecule has 0 saturated heterocycles. The molecule has 0 saturated carbocycles. The van der Waals surface area contributed by atoms with Crippen LogP contribution in [-0.4, -0.2) is 28.2 Å². The molecule has 0 aliphatic carbocycles. The van der Waals surface area contributed by atoms with Gasteiger partial charge in [-0.2, -0.15) is 0 Å². The Hall–Kier alpha value is -10.0. The van der Waals surface area contributed by atoms with Crippen molar-refractivity contribution in [1.82, 2.24) is 28.2 Å². The van der Waals surface area contributed by atoms with Crippen molar-refractivity contribution < 1.29 is 0 Å². The number of nitrogens with zero attached hydrogens (tertiary/aromatic N) is 6. The number of rotatable bonds is 6. The van der Waals surface area contributed by atoms with E-state index in [0.29, 0.717) is 5.82 Å². The first-order chi connectivity index (χ1) is 36.7. The van der Waals surface area contributed by atoms with E-state index in [2.05, 4.69) is 273 Å². The standard InChI is InChI=1S/C68H42N6/c1-3-17-46(18-4-1)71-59-27-13-10-23-51(59)56-41-44(33-39-63(56)71)45-34-40-64-57(42-45)52-24-11-14-28-60(52)72(64)48-35-31-43(32-36-48)67-69-58-26-12-7-25-55(58)68(70-67)74-62-30-16-9-22-50(62)54-38-37-53-49-21-8-15-29-61(49)73(65(53)66(54)74)47-19-5-2-6-20-47/h1-42H. The number of hydrogen-bond acceptors (Lipinski definition) is 2. The van der Waals surface area contributed by atoms with Crippen molar-refractivity contribution in [3.8, 4) is 45.4 Å². The lowest BCUT2D eigenvalue weighted by Crippen LogP contribution is -2.04. The van der Waals surface area contributed by atoms with E-state index in [9.17, 15) is 0 Å². The molecule has 5 heterocycles. The van der Waals surface area contributed by atoms with Gasteiger partial charge in [0.25, 0.3) is 0 Å². The second kappa shape index (κ2) is 15.7. The number of hydrogen-bond donors (Lipinski definition) is 0. The first-order valence-corrected chi connectivity index (χ1v) is 25.2. The maximum Gasteiger partial charge on any atom is 0.162 e. The predicted molar refractivity (Wildman–Crippen MR) is 308 cm³/mol. The van der Waals surface area contributed by atoms with Crippen molar-refractivity contribution in [2.45, 2.75) is 0 Å². The lowest BCUT2D eigenvalue weighted by Gasteiger charge is -2.15. The quantitative estimate of drug-likeness (QED) is 0.167. The topological polar surface area (TPSA) is 45.5 Å². The molecule has 0 amide bonds. The molecular formula is C68H42N6. The Balaban J connectivity index is 0.846. The average molecular weight is 943 g/mol. The summed E-state index contributed by atoms with van der Waals surface area (Å²) in [6.07, 6.45) is 0. The summed E-state index contributed by atoms with van der Waals surface area (Å²) in [5.41, 5.74) is 16.8. The Bertz CT molecular complexity index is 4940. The molecule has 0 atom stereocenters. The predicted octanol–water partition coefficient (Wildman–Crippen LogP) is 17.4. The van der Waals surface area contributed by atoms with E-state index in [1.165, 1.54) is 65.3 Å². The molecule has 16 rings (SSSR count). The lowest BCUT2D eigenvalue weighted by atomic mass is 10.0. The number of fused-ring (bicyclic) bond motifs is 14. The minimum absolute atomic E-state index is 0.669. The van der Waals surface area contributed by atoms with Gasteiger partial charge in [-0.3, -0.25) is 4.57 Å². The van der Waals surface area contributed by atoms with Crippen LogP contribution in [0, 0.1) is 0 Å². The van der Waals surface area contributed by atoms with Crippen LogP contribution in [0.1, 0.15) is 0 Å². The van der Waals surface area contributed by atoms with E-state index >= 15 is 0 Å². The van der Waals surface area contributed by atoms with Crippen molar-refractivity contribution in [3.05, 3.63) is 255 Å². The summed E-state index contributed by atoms with van der Waals surface area (Å²) in [5.74, 6) is 1.51. The van der Waals surface area contributed by atoms with Crippen molar-refractivity contribution in [2.24, 2.45) is 0 Å². The summed E-state index contributed by atoms with van der Waals surface area (Å²) < 4.78 is 9.57. The van der Waals surface area contributed by atoms with Gasteiger partial charge in [0.15, 0.2) is 5.82 Å². The van der Waals surface area contributed by atoms with E-state index in [-0.39, 0.29) is 0 Å². The molecule has 344 valence electrons. The van der Waals surface area contributed by atoms with Crippen LogP contribution in [0.4, 0.5) is 0 Å². The van der Waals surface area contributed by atoms with Crippen LogP contribution in [0.15, 0.2) is 255 Å². The van der Waals surface area contributed by atoms with E-state index in [4.69, 9.17) is 9.97 Å². The van der Waals surface area contributed by atoms with Gasteiger partial charge in [0.1, 0.15) is 5.82 Å². The minimum atomic E-state index is 0.669. The van der Waals surface area contributed by atoms with E-state index < -0.39 is 0 Å². The molecule has 11 aromatic carbocycles. The highest BCUT2D eigenvalue weighted by molar-refractivity contribution is 6.24. The summed E-state index contributed by atoms with van der Waals surface area (Å²) in [4.78, 5) is 10.9. The van der Waals surface area contributed by atoms with Crippen LogP contribution < -0.4 is 0 Å². The maximum atomic E-state index is 5.59. The highest BCUT2D eigenvalue weighted by Crippen LogP contribution is 2.43. The highest BCUT2D eigenvalue weighted by atomic mass is 15.1. The average Bonchev–Trinajstić information content (AvgIpc) is 4.26. The first-order valence-electron chi connectivity index (χ1n) is 25.2. The molecule has 0 spiro atoms. The Morgan fingerprint density at radius 3 is 1.15 bits per heavy atom. The van der Waals surface area contributed by atoms with Crippen LogP contribution in [0.3, 0.4) is 0 Å². The molecule has 0 aliphatic rings. The summed E-state index contributed by atoms with van der Waals surface area (Å²) in [6, 6.07) is 91.9. The van der Waals surface area contributed by atoms with Gasteiger partial charge in [-0.05, 0) is 120 Å². The molecule has 6 heteroatoms. The van der Waals surface area contributed by atoms with Gasteiger partial charge < -0.3 is 13.7 Å². The molecular weight excluding hydrogens is 901 g/mol. The van der Waals surface area contributed by atoms with E-state index in [0.717, 1.165) is 72.4 Å². The summed E-state index contributed by atoms with van der Waals surface area (Å²) in [7, 11) is 0. The van der Waals surface area contributed by atoms with E-state index in [1.54, 1.807) is 0 Å². The van der Waals surface area contributed by atoms with Gasteiger partial charge in [0.05, 0.1) is 49.7 Å². The van der Waals surface area contributed by atoms with Crippen molar-refractivity contribution in [3.63, 3.8) is 0 Å². The van der Waals surface area contributed by atoms with Crippen molar-refractivity contribution >= 4 is 98.1 Å². The third-order valence-corrected chi connectivity index (χ3v) is 15.4. The number of aromatic nitrogens is 6. The van der Waals surface area contributed by atoms with E-state index in [1.807, 2.05) is 0 Å². The molecule has 0 fully saturated rings. The van der Waals surface area contributed by atoms with Crippen LogP contribution in [0.25, 0.3) is 144 Å². The lowest BCUT2D eigenvalue weighted by molar-refractivity contribution is 1.07. The second-order valence-electron chi connectivity index (χ2n) is 19.3. The molecule has 6 nitrogen and oxygen atoms in total. The van der Waals surface area contributed by atoms with Gasteiger partial charge >= 0.3 is 0 Å². The molecule has 5 aromatic heterocycles. The highest BCUT2D eigenvalue weighted by Gasteiger charge is 2.24. The number of para-hydroxylation sites is 7. The zero-order chi connectivity index (χ0) is 48.4. The largest absolute Gasteiger partial charge is 0.309 e. The Morgan fingerprint density at radius 1 is 0.230 bits per heavy atom. The number of benzene rings is 11. The fraction of sp³-hybridized carbons (Fsp3) is 0. The minimum Gasteiger partial charge on any atom is -0.309 e. The van der Waals surface area contributed by atoms with Gasteiger partial charge in [0, 0.05) is 71.1 Å². The van der Waals surface area contributed by atoms with Gasteiger partial charge in [-0.1, -0.05) is 146 Å². The van der Waals surface area contributed by atoms with Crippen LogP contribution in [-0.2, 0) is 0 Å². The first kappa shape index (κ1) is 40.7. The SMILES string of the molecule is c1ccc(-n2c3ccccc3c3cc(-c4ccc5c(c4)c4ccccc4n5-c4ccc(-c5nc(-n6c7ccccc7c7ccc8c9ccccc9n(-c9ccccc9)c8c76)c6ccccc6n5)cc4)ccc32)cc1. The molecule has 0 bridgehead atoms. The Morgan fingerprint density at radius 2 is 0.608 bits per heavy atom. The third kappa shape index (κ3) is 5.88. The normalized spacial score (nSPS) is 12.1. The monoisotopic (exact) mass is 942 g/mol. The maximum absolute atomic E-state index is 5.59. The fourth-order valence-corrected chi connectivity index (χ4v) is 12.1. The fourth-order valence-electron chi connectivity index (χ4n) is 12.1. The van der Waals surface area contributed by atoms with Gasteiger partial charge in [-0.25, -0.2) is 9.97 Å². The molecule has 0 radical (unpaired) electrons. The second-order valence-corrected chi connectivity index (χ2v) is 19.3.